The Morgan fingerprint density at radius 1 is 1.47 bits per heavy atom. The number of thiophene rings is 1. The highest BCUT2D eigenvalue weighted by Crippen LogP contribution is 2.30. The predicted octanol–water partition coefficient (Wildman–Crippen LogP) is 3.32. The summed E-state index contributed by atoms with van der Waals surface area (Å²) in [6.45, 7) is 6.00. The summed E-state index contributed by atoms with van der Waals surface area (Å²) in [5, 5.41) is 7.78. The van der Waals surface area contributed by atoms with E-state index >= 15 is 0 Å². The van der Waals surface area contributed by atoms with Crippen molar-refractivity contribution in [2.45, 2.75) is 26.4 Å². The van der Waals surface area contributed by atoms with Crippen LogP contribution in [0.15, 0.2) is 24.5 Å². The van der Waals surface area contributed by atoms with Crippen molar-refractivity contribution in [3.8, 4) is 0 Å². The first-order valence-corrected chi connectivity index (χ1v) is 6.95. The van der Waals surface area contributed by atoms with Crippen molar-refractivity contribution >= 4 is 22.9 Å². The van der Waals surface area contributed by atoms with Gasteiger partial charge in [0.2, 0.25) is 0 Å². The zero-order valence-corrected chi connectivity index (χ0v) is 11.6. The monoisotopic (exact) mass is 269 g/mol. The van der Waals surface area contributed by atoms with Crippen molar-refractivity contribution < 1.29 is 0 Å². The Morgan fingerprint density at radius 2 is 2.29 bits per heavy atom. The smallest absolute Gasteiger partial charge is 0.0931 e. The predicted molar refractivity (Wildman–Crippen MR) is 72.7 cm³/mol. The van der Waals surface area contributed by atoms with Crippen LogP contribution in [0, 0.1) is 0 Å². The molecule has 0 aromatic carbocycles. The maximum Gasteiger partial charge on any atom is 0.0931 e. The minimum Gasteiger partial charge on any atom is -0.306 e. The molecular weight excluding hydrogens is 254 g/mol. The van der Waals surface area contributed by atoms with Gasteiger partial charge >= 0.3 is 0 Å². The zero-order chi connectivity index (χ0) is 12.3. The summed E-state index contributed by atoms with van der Waals surface area (Å²) in [5.41, 5.74) is 1.19. The van der Waals surface area contributed by atoms with Gasteiger partial charge in [-0.25, -0.2) is 0 Å². The van der Waals surface area contributed by atoms with Crippen molar-refractivity contribution in [3.05, 3.63) is 39.3 Å². The number of aromatic nitrogens is 2. The summed E-state index contributed by atoms with van der Waals surface area (Å²) >= 11 is 7.61. The van der Waals surface area contributed by atoms with Crippen molar-refractivity contribution in [3.63, 3.8) is 0 Å². The van der Waals surface area contributed by atoms with Crippen molar-refractivity contribution in [1.82, 2.24) is 15.1 Å². The third kappa shape index (κ3) is 2.89. The van der Waals surface area contributed by atoms with E-state index in [9.17, 15) is 0 Å². The Labute approximate surface area is 110 Å². The summed E-state index contributed by atoms with van der Waals surface area (Å²) in [5.74, 6) is 0. The SMILES string of the molecule is CCNC(c1cnn(CC)c1)c1ccc(Cl)s1. The Morgan fingerprint density at radius 3 is 2.82 bits per heavy atom. The second-order valence-electron chi connectivity index (χ2n) is 3.76. The first kappa shape index (κ1) is 12.6. The normalized spacial score (nSPS) is 12.9. The summed E-state index contributed by atoms with van der Waals surface area (Å²) in [6, 6.07) is 4.21. The van der Waals surface area contributed by atoms with Gasteiger partial charge in [0.15, 0.2) is 0 Å². The molecule has 0 amide bonds. The van der Waals surface area contributed by atoms with Crippen LogP contribution in [-0.4, -0.2) is 16.3 Å². The number of halogens is 1. The molecule has 0 saturated heterocycles. The van der Waals surface area contributed by atoms with Crippen LogP contribution in [0.3, 0.4) is 0 Å². The number of rotatable bonds is 5. The lowest BCUT2D eigenvalue weighted by Gasteiger charge is -2.14. The summed E-state index contributed by atoms with van der Waals surface area (Å²) < 4.78 is 2.76. The molecule has 3 nitrogen and oxygen atoms in total. The maximum absolute atomic E-state index is 5.99. The summed E-state index contributed by atoms with van der Waals surface area (Å²) in [4.78, 5) is 1.23. The van der Waals surface area contributed by atoms with E-state index in [0.29, 0.717) is 0 Å². The molecule has 2 rings (SSSR count). The minimum atomic E-state index is 0.192. The fourth-order valence-corrected chi connectivity index (χ4v) is 2.94. The topological polar surface area (TPSA) is 29.9 Å². The van der Waals surface area contributed by atoms with Crippen LogP contribution in [0.2, 0.25) is 4.34 Å². The van der Waals surface area contributed by atoms with E-state index in [4.69, 9.17) is 11.6 Å². The van der Waals surface area contributed by atoms with Gasteiger partial charge in [-0.3, -0.25) is 4.68 Å². The van der Waals surface area contributed by atoms with Gasteiger partial charge in [0, 0.05) is 23.2 Å². The number of nitrogens with one attached hydrogen (secondary N) is 1. The molecule has 0 aliphatic carbocycles. The molecular formula is C12H16ClN3S. The highest BCUT2D eigenvalue weighted by molar-refractivity contribution is 7.16. The van der Waals surface area contributed by atoms with Crippen molar-refractivity contribution in [2.24, 2.45) is 0 Å². The molecule has 0 radical (unpaired) electrons. The molecule has 1 atom stereocenters. The standard InChI is InChI=1S/C12H16ClN3S/c1-3-14-12(10-5-6-11(13)17-10)9-7-15-16(4-2)8-9/h5-8,12,14H,3-4H2,1-2H3. The van der Waals surface area contributed by atoms with E-state index < -0.39 is 0 Å². The number of nitrogens with zero attached hydrogens (tertiary/aromatic N) is 2. The second-order valence-corrected chi connectivity index (χ2v) is 5.51. The van der Waals surface area contributed by atoms with E-state index in [2.05, 4.69) is 36.5 Å². The number of hydrogen-bond donors (Lipinski definition) is 1. The van der Waals surface area contributed by atoms with Gasteiger partial charge in [0.1, 0.15) is 0 Å². The van der Waals surface area contributed by atoms with E-state index in [1.54, 1.807) is 11.3 Å². The molecule has 1 N–H and O–H groups in total. The molecule has 1 unspecified atom stereocenters. The van der Waals surface area contributed by atoms with Gasteiger partial charge < -0.3 is 5.32 Å². The molecule has 0 saturated carbocycles. The van der Waals surface area contributed by atoms with Gasteiger partial charge in [-0.2, -0.15) is 5.10 Å². The molecule has 17 heavy (non-hydrogen) atoms. The van der Waals surface area contributed by atoms with Gasteiger partial charge in [-0.15, -0.1) is 11.3 Å². The first-order valence-electron chi connectivity index (χ1n) is 5.75. The van der Waals surface area contributed by atoms with E-state index in [0.717, 1.165) is 17.4 Å². The number of aryl methyl sites for hydroxylation is 1. The van der Waals surface area contributed by atoms with Gasteiger partial charge in [-0.05, 0) is 25.6 Å². The molecule has 2 heterocycles. The van der Waals surface area contributed by atoms with Crippen molar-refractivity contribution in [2.75, 3.05) is 6.54 Å². The van der Waals surface area contributed by atoms with Crippen LogP contribution in [0.4, 0.5) is 0 Å². The van der Waals surface area contributed by atoms with Gasteiger partial charge in [0.05, 0.1) is 16.6 Å². The first-order chi connectivity index (χ1) is 8.24. The molecule has 5 heteroatoms. The van der Waals surface area contributed by atoms with Crippen LogP contribution < -0.4 is 5.32 Å². The Kier molecular flexibility index (Phi) is 4.20. The van der Waals surface area contributed by atoms with Crippen LogP contribution in [0.25, 0.3) is 0 Å². The van der Waals surface area contributed by atoms with Crippen molar-refractivity contribution in [1.29, 1.82) is 0 Å². The van der Waals surface area contributed by atoms with E-state index in [-0.39, 0.29) is 6.04 Å². The largest absolute Gasteiger partial charge is 0.306 e. The highest BCUT2D eigenvalue weighted by Gasteiger charge is 2.16. The fraction of sp³-hybridized carbons (Fsp3) is 0.417. The molecule has 2 aromatic rings. The number of hydrogen-bond acceptors (Lipinski definition) is 3. The molecule has 0 spiro atoms. The fourth-order valence-electron chi connectivity index (χ4n) is 1.77. The zero-order valence-electron chi connectivity index (χ0n) is 9.98. The lowest BCUT2D eigenvalue weighted by atomic mass is 10.1. The second kappa shape index (κ2) is 5.67. The Bertz CT molecular complexity index is 478. The van der Waals surface area contributed by atoms with Crippen LogP contribution in [0.5, 0.6) is 0 Å². The third-order valence-electron chi connectivity index (χ3n) is 2.60. The highest BCUT2D eigenvalue weighted by atomic mass is 35.5. The van der Waals surface area contributed by atoms with Crippen LogP contribution >= 0.6 is 22.9 Å². The lowest BCUT2D eigenvalue weighted by Crippen LogP contribution is -2.20. The van der Waals surface area contributed by atoms with Gasteiger partial charge in [0.25, 0.3) is 0 Å². The lowest BCUT2D eigenvalue weighted by molar-refractivity contribution is 0.632. The molecule has 92 valence electrons. The molecule has 0 aliphatic rings. The minimum absolute atomic E-state index is 0.192. The Hall–Kier alpha value is -0.840. The third-order valence-corrected chi connectivity index (χ3v) is 3.89. The van der Waals surface area contributed by atoms with E-state index in [1.807, 2.05) is 16.9 Å². The Balaban J connectivity index is 2.28. The molecule has 0 aliphatic heterocycles. The van der Waals surface area contributed by atoms with Crippen LogP contribution in [-0.2, 0) is 6.54 Å². The average Bonchev–Trinajstić information content (AvgIpc) is 2.94. The maximum atomic E-state index is 5.99. The molecule has 2 aromatic heterocycles. The molecule has 0 fully saturated rings. The van der Waals surface area contributed by atoms with Crippen LogP contribution in [0.1, 0.15) is 30.3 Å². The summed E-state index contributed by atoms with van der Waals surface area (Å²) in [7, 11) is 0. The molecule has 0 bridgehead atoms. The summed E-state index contributed by atoms with van der Waals surface area (Å²) in [6.07, 6.45) is 4.01. The van der Waals surface area contributed by atoms with E-state index in [1.165, 1.54) is 10.4 Å². The van der Waals surface area contributed by atoms with Gasteiger partial charge in [-0.1, -0.05) is 18.5 Å². The quantitative estimate of drug-likeness (QED) is 0.902. The average molecular weight is 270 g/mol.